The third-order valence-corrected chi connectivity index (χ3v) is 3.14. The molecule has 1 aliphatic rings. The van der Waals surface area contributed by atoms with Crippen molar-refractivity contribution in [3.05, 3.63) is 35.4 Å². The fourth-order valence-corrected chi connectivity index (χ4v) is 1.97. The molecule has 3 atom stereocenters. The van der Waals surface area contributed by atoms with Crippen LogP contribution in [0.5, 0.6) is 0 Å². The zero-order valence-corrected chi connectivity index (χ0v) is 8.58. The van der Waals surface area contributed by atoms with Crippen molar-refractivity contribution in [3.8, 4) is 0 Å². The second kappa shape index (κ2) is 3.89. The SMILES string of the molecule is CC1CC1C(O)Cc1c(F)cccc1F. The average Bonchev–Trinajstić information content (AvgIpc) is 2.89. The summed E-state index contributed by atoms with van der Waals surface area (Å²) >= 11 is 0. The zero-order valence-electron chi connectivity index (χ0n) is 8.58. The number of rotatable bonds is 3. The van der Waals surface area contributed by atoms with Gasteiger partial charge in [0.2, 0.25) is 0 Å². The second-order valence-electron chi connectivity index (χ2n) is 4.35. The fourth-order valence-electron chi connectivity index (χ4n) is 1.97. The zero-order chi connectivity index (χ0) is 11.0. The average molecular weight is 212 g/mol. The molecule has 82 valence electrons. The lowest BCUT2D eigenvalue weighted by Gasteiger charge is -2.11. The van der Waals surface area contributed by atoms with Gasteiger partial charge in [0.05, 0.1) is 6.10 Å². The van der Waals surface area contributed by atoms with Crippen LogP contribution < -0.4 is 0 Å². The molecule has 1 aromatic carbocycles. The van der Waals surface area contributed by atoms with Crippen molar-refractivity contribution >= 4 is 0 Å². The summed E-state index contributed by atoms with van der Waals surface area (Å²) in [5.41, 5.74) is 0.00380. The van der Waals surface area contributed by atoms with Gasteiger partial charge in [0, 0.05) is 12.0 Å². The molecule has 3 heteroatoms. The minimum absolute atomic E-state index is 0.00380. The molecule has 3 unspecified atom stereocenters. The van der Waals surface area contributed by atoms with E-state index in [4.69, 9.17) is 0 Å². The van der Waals surface area contributed by atoms with E-state index in [1.54, 1.807) is 0 Å². The molecule has 1 aliphatic carbocycles. The van der Waals surface area contributed by atoms with E-state index in [1.165, 1.54) is 18.2 Å². The minimum atomic E-state index is -0.619. The van der Waals surface area contributed by atoms with Crippen molar-refractivity contribution in [1.29, 1.82) is 0 Å². The lowest BCUT2D eigenvalue weighted by atomic mass is 10.0. The Hall–Kier alpha value is -0.960. The van der Waals surface area contributed by atoms with Crippen molar-refractivity contribution in [2.75, 3.05) is 0 Å². The van der Waals surface area contributed by atoms with Crippen LogP contribution in [0.15, 0.2) is 18.2 Å². The molecule has 1 saturated carbocycles. The first kappa shape index (κ1) is 10.6. The highest BCUT2D eigenvalue weighted by Crippen LogP contribution is 2.41. The highest BCUT2D eigenvalue weighted by Gasteiger charge is 2.39. The van der Waals surface area contributed by atoms with Gasteiger partial charge >= 0.3 is 0 Å². The summed E-state index contributed by atoms with van der Waals surface area (Å²) in [7, 11) is 0. The monoisotopic (exact) mass is 212 g/mol. The Morgan fingerprint density at radius 2 is 1.93 bits per heavy atom. The molecule has 0 spiro atoms. The smallest absolute Gasteiger partial charge is 0.129 e. The van der Waals surface area contributed by atoms with Crippen molar-refractivity contribution in [1.82, 2.24) is 0 Å². The van der Waals surface area contributed by atoms with Crippen LogP contribution in [0, 0.1) is 23.5 Å². The number of benzene rings is 1. The Kier molecular flexibility index (Phi) is 2.74. The van der Waals surface area contributed by atoms with Crippen LogP contribution in [0.4, 0.5) is 8.78 Å². The molecule has 15 heavy (non-hydrogen) atoms. The van der Waals surface area contributed by atoms with Crippen molar-refractivity contribution in [3.63, 3.8) is 0 Å². The van der Waals surface area contributed by atoms with Gasteiger partial charge in [0.25, 0.3) is 0 Å². The molecule has 2 rings (SSSR count). The normalized spacial score (nSPS) is 26.4. The van der Waals surface area contributed by atoms with Gasteiger partial charge in [-0.15, -0.1) is 0 Å². The van der Waals surface area contributed by atoms with E-state index in [-0.39, 0.29) is 17.9 Å². The van der Waals surface area contributed by atoms with E-state index < -0.39 is 17.7 Å². The Morgan fingerprint density at radius 3 is 2.40 bits per heavy atom. The first-order valence-electron chi connectivity index (χ1n) is 5.20. The van der Waals surface area contributed by atoms with Gasteiger partial charge in [0.15, 0.2) is 0 Å². The molecule has 0 heterocycles. The van der Waals surface area contributed by atoms with E-state index in [1.807, 2.05) is 6.92 Å². The first-order valence-corrected chi connectivity index (χ1v) is 5.20. The van der Waals surface area contributed by atoms with E-state index in [0.29, 0.717) is 5.92 Å². The van der Waals surface area contributed by atoms with E-state index in [9.17, 15) is 13.9 Å². The highest BCUT2D eigenvalue weighted by atomic mass is 19.1. The quantitative estimate of drug-likeness (QED) is 0.816. The topological polar surface area (TPSA) is 20.2 Å². The molecule has 0 radical (unpaired) electrons. The Labute approximate surface area is 87.7 Å². The summed E-state index contributed by atoms with van der Waals surface area (Å²) in [6, 6.07) is 3.78. The minimum Gasteiger partial charge on any atom is -0.392 e. The maximum absolute atomic E-state index is 13.2. The van der Waals surface area contributed by atoms with Crippen LogP contribution in [-0.4, -0.2) is 11.2 Å². The molecular weight excluding hydrogens is 198 g/mol. The molecule has 1 N–H and O–H groups in total. The van der Waals surface area contributed by atoms with Crippen LogP contribution in [0.2, 0.25) is 0 Å². The third kappa shape index (κ3) is 2.17. The number of halogens is 2. The van der Waals surface area contributed by atoms with Crippen LogP contribution in [0.3, 0.4) is 0 Å². The summed E-state index contributed by atoms with van der Waals surface area (Å²) in [5, 5.41) is 9.73. The highest BCUT2D eigenvalue weighted by molar-refractivity contribution is 5.21. The lowest BCUT2D eigenvalue weighted by Crippen LogP contribution is -2.16. The first-order chi connectivity index (χ1) is 7.09. The second-order valence-corrected chi connectivity index (χ2v) is 4.35. The fraction of sp³-hybridized carbons (Fsp3) is 0.500. The predicted octanol–water partition coefficient (Wildman–Crippen LogP) is 2.52. The Balaban J connectivity index is 2.10. The van der Waals surface area contributed by atoms with Gasteiger partial charge in [-0.2, -0.15) is 0 Å². The summed E-state index contributed by atoms with van der Waals surface area (Å²) in [4.78, 5) is 0. The summed E-state index contributed by atoms with van der Waals surface area (Å²) in [6.45, 7) is 2.03. The van der Waals surface area contributed by atoms with Gasteiger partial charge in [-0.25, -0.2) is 8.78 Å². The van der Waals surface area contributed by atoms with E-state index >= 15 is 0 Å². The van der Waals surface area contributed by atoms with Gasteiger partial charge in [-0.3, -0.25) is 0 Å². The summed E-state index contributed by atoms with van der Waals surface area (Å²) in [5.74, 6) is -0.441. The number of aliphatic hydroxyl groups excluding tert-OH is 1. The predicted molar refractivity (Wildman–Crippen MR) is 53.3 cm³/mol. The lowest BCUT2D eigenvalue weighted by molar-refractivity contribution is 0.144. The molecule has 0 saturated heterocycles. The largest absolute Gasteiger partial charge is 0.392 e. The van der Waals surface area contributed by atoms with Crippen molar-refractivity contribution < 1.29 is 13.9 Å². The van der Waals surface area contributed by atoms with Crippen molar-refractivity contribution in [2.45, 2.75) is 25.9 Å². The maximum Gasteiger partial charge on any atom is 0.129 e. The maximum atomic E-state index is 13.2. The van der Waals surface area contributed by atoms with E-state index in [0.717, 1.165) is 6.42 Å². The third-order valence-electron chi connectivity index (χ3n) is 3.14. The molecule has 1 fully saturated rings. The molecule has 0 aromatic heterocycles. The molecule has 0 bridgehead atoms. The van der Waals surface area contributed by atoms with E-state index in [2.05, 4.69) is 0 Å². The standard InChI is InChI=1S/C12H14F2O/c1-7-5-8(7)12(15)6-9-10(13)3-2-4-11(9)14/h2-4,7-8,12,15H,5-6H2,1H3. The molecule has 0 aliphatic heterocycles. The van der Waals surface area contributed by atoms with Gasteiger partial charge in [-0.05, 0) is 30.4 Å². The van der Waals surface area contributed by atoms with Crippen LogP contribution in [-0.2, 0) is 6.42 Å². The number of hydrogen-bond donors (Lipinski definition) is 1. The summed E-state index contributed by atoms with van der Waals surface area (Å²) in [6.07, 6.45) is 0.413. The van der Waals surface area contributed by atoms with Crippen LogP contribution >= 0.6 is 0 Å². The Bertz CT molecular complexity index is 344. The van der Waals surface area contributed by atoms with Crippen LogP contribution in [0.1, 0.15) is 18.9 Å². The van der Waals surface area contributed by atoms with Gasteiger partial charge in [-0.1, -0.05) is 13.0 Å². The van der Waals surface area contributed by atoms with Gasteiger partial charge in [0.1, 0.15) is 11.6 Å². The molecule has 1 nitrogen and oxygen atoms in total. The van der Waals surface area contributed by atoms with Crippen molar-refractivity contribution in [2.24, 2.45) is 11.8 Å². The molecular formula is C12H14F2O. The Morgan fingerprint density at radius 1 is 1.40 bits per heavy atom. The molecule has 0 amide bonds. The van der Waals surface area contributed by atoms with Gasteiger partial charge < -0.3 is 5.11 Å². The number of aliphatic hydroxyl groups is 1. The molecule has 1 aromatic rings. The summed E-state index contributed by atoms with van der Waals surface area (Å²) < 4.78 is 26.5. The number of hydrogen-bond acceptors (Lipinski definition) is 1. The van der Waals surface area contributed by atoms with Crippen LogP contribution in [0.25, 0.3) is 0 Å².